The number of hydrogen-bond donors (Lipinski definition) is 2. The molecule has 0 aliphatic rings. The Morgan fingerprint density at radius 2 is 1.93 bits per heavy atom. The third kappa shape index (κ3) is 3.42. The SMILES string of the molecule is CCn1c(-c2cc(NC(=O)c3ccc(OC)cc3OC)n[nH]2)cc2ccccc21. The van der Waals surface area contributed by atoms with E-state index in [1.165, 1.54) is 7.11 Å². The van der Waals surface area contributed by atoms with Gasteiger partial charge in [-0.1, -0.05) is 18.2 Å². The Labute approximate surface area is 168 Å². The first kappa shape index (κ1) is 18.6. The van der Waals surface area contributed by atoms with E-state index in [1.807, 2.05) is 18.2 Å². The number of nitrogens with one attached hydrogen (secondary N) is 2. The molecule has 0 radical (unpaired) electrons. The molecule has 7 heteroatoms. The van der Waals surface area contributed by atoms with Crippen molar-refractivity contribution in [2.24, 2.45) is 0 Å². The van der Waals surface area contributed by atoms with Crippen LogP contribution in [-0.2, 0) is 6.54 Å². The predicted octanol–water partition coefficient (Wildman–Crippen LogP) is 4.32. The van der Waals surface area contributed by atoms with Crippen LogP contribution in [0.1, 0.15) is 17.3 Å². The largest absolute Gasteiger partial charge is 0.497 e. The summed E-state index contributed by atoms with van der Waals surface area (Å²) in [4.78, 5) is 12.7. The number of aromatic amines is 1. The standard InChI is InChI=1S/C22H22N4O3/c1-4-26-18-8-6-5-7-14(18)11-19(26)17-13-21(25-24-17)23-22(27)16-10-9-15(28-2)12-20(16)29-3/h5-13H,4H2,1-3H3,(H2,23,24,25,27). The van der Waals surface area contributed by atoms with Gasteiger partial charge in [0.1, 0.15) is 11.5 Å². The van der Waals surface area contributed by atoms with Gasteiger partial charge in [0.25, 0.3) is 5.91 Å². The summed E-state index contributed by atoms with van der Waals surface area (Å²) in [5.41, 5.74) is 3.41. The first-order chi connectivity index (χ1) is 14.1. The highest BCUT2D eigenvalue weighted by atomic mass is 16.5. The summed E-state index contributed by atoms with van der Waals surface area (Å²) in [6, 6.07) is 17.2. The van der Waals surface area contributed by atoms with Gasteiger partial charge in [-0.25, -0.2) is 0 Å². The lowest BCUT2D eigenvalue weighted by molar-refractivity contribution is 0.102. The fourth-order valence-corrected chi connectivity index (χ4v) is 3.46. The Balaban J connectivity index is 1.61. The van der Waals surface area contributed by atoms with Gasteiger partial charge >= 0.3 is 0 Å². The van der Waals surface area contributed by atoms with E-state index in [0.29, 0.717) is 22.9 Å². The molecule has 4 aromatic rings. The first-order valence-electron chi connectivity index (χ1n) is 9.32. The normalized spacial score (nSPS) is 10.9. The molecule has 2 aromatic heterocycles. The van der Waals surface area contributed by atoms with Gasteiger partial charge in [0.05, 0.1) is 31.2 Å². The van der Waals surface area contributed by atoms with Crippen LogP contribution >= 0.6 is 0 Å². The Bertz CT molecular complexity index is 1180. The highest BCUT2D eigenvalue weighted by Crippen LogP contribution is 2.29. The fourth-order valence-electron chi connectivity index (χ4n) is 3.46. The number of carbonyl (C=O) groups excluding carboxylic acids is 1. The van der Waals surface area contributed by atoms with Gasteiger partial charge in [-0.2, -0.15) is 5.10 Å². The van der Waals surface area contributed by atoms with Crippen LogP contribution in [0.3, 0.4) is 0 Å². The van der Waals surface area contributed by atoms with Crippen molar-refractivity contribution in [1.29, 1.82) is 0 Å². The van der Waals surface area contributed by atoms with Crippen molar-refractivity contribution in [2.75, 3.05) is 19.5 Å². The molecule has 0 spiro atoms. The molecule has 0 aliphatic carbocycles. The molecule has 0 aliphatic heterocycles. The number of H-pyrrole nitrogens is 1. The second kappa shape index (κ2) is 7.71. The molecule has 0 saturated carbocycles. The van der Waals surface area contributed by atoms with Crippen molar-refractivity contribution in [3.05, 3.63) is 60.2 Å². The van der Waals surface area contributed by atoms with Crippen molar-refractivity contribution >= 4 is 22.6 Å². The summed E-state index contributed by atoms with van der Waals surface area (Å²) in [5.74, 6) is 1.19. The van der Waals surface area contributed by atoms with Gasteiger partial charge in [0.2, 0.25) is 0 Å². The molecule has 4 rings (SSSR count). The Hall–Kier alpha value is -3.74. The van der Waals surface area contributed by atoms with Crippen LogP contribution in [0.15, 0.2) is 54.6 Å². The molecule has 2 N–H and O–H groups in total. The second-order valence-electron chi connectivity index (χ2n) is 6.52. The average molecular weight is 390 g/mol. The molecule has 29 heavy (non-hydrogen) atoms. The molecule has 1 amide bonds. The van der Waals surface area contributed by atoms with Crippen molar-refractivity contribution in [3.63, 3.8) is 0 Å². The number of aryl methyl sites for hydroxylation is 1. The van der Waals surface area contributed by atoms with Crippen LogP contribution in [0.25, 0.3) is 22.3 Å². The van der Waals surface area contributed by atoms with Crippen LogP contribution in [0.4, 0.5) is 5.82 Å². The van der Waals surface area contributed by atoms with E-state index in [2.05, 4.69) is 45.2 Å². The minimum Gasteiger partial charge on any atom is -0.497 e. The first-order valence-corrected chi connectivity index (χ1v) is 9.32. The minimum absolute atomic E-state index is 0.307. The van der Waals surface area contributed by atoms with E-state index >= 15 is 0 Å². The maximum absolute atomic E-state index is 12.7. The summed E-state index contributed by atoms with van der Waals surface area (Å²) in [5, 5.41) is 11.3. The van der Waals surface area contributed by atoms with E-state index < -0.39 is 0 Å². The van der Waals surface area contributed by atoms with Crippen LogP contribution in [0, 0.1) is 0 Å². The predicted molar refractivity (Wildman–Crippen MR) is 113 cm³/mol. The van der Waals surface area contributed by atoms with Crippen LogP contribution in [0.5, 0.6) is 11.5 Å². The number of fused-ring (bicyclic) bond motifs is 1. The second-order valence-corrected chi connectivity index (χ2v) is 6.52. The van der Waals surface area contributed by atoms with Gasteiger partial charge in [0.15, 0.2) is 5.82 Å². The number of amides is 1. The third-order valence-electron chi connectivity index (χ3n) is 4.88. The molecule has 0 atom stereocenters. The van der Waals surface area contributed by atoms with Crippen molar-refractivity contribution in [2.45, 2.75) is 13.5 Å². The number of methoxy groups -OCH3 is 2. The zero-order valence-electron chi connectivity index (χ0n) is 16.5. The molecule has 2 aromatic carbocycles. The molecule has 0 unspecified atom stereocenters. The van der Waals surface area contributed by atoms with Gasteiger partial charge in [0, 0.05) is 29.6 Å². The fraction of sp³-hybridized carbons (Fsp3) is 0.182. The monoisotopic (exact) mass is 390 g/mol. The number of ether oxygens (including phenoxy) is 2. The topological polar surface area (TPSA) is 81.2 Å². The molecule has 148 valence electrons. The lowest BCUT2D eigenvalue weighted by Crippen LogP contribution is -2.13. The van der Waals surface area contributed by atoms with Crippen LogP contribution < -0.4 is 14.8 Å². The number of para-hydroxylation sites is 1. The quantitative estimate of drug-likeness (QED) is 0.514. The number of rotatable bonds is 6. The Morgan fingerprint density at radius 3 is 2.69 bits per heavy atom. The maximum atomic E-state index is 12.7. The van der Waals surface area contributed by atoms with Crippen LogP contribution in [-0.4, -0.2) is 34.9 Å². The van der Waals surface area contributed by atoms with E-state index in [9.17, 15) is 4.79 Å². The lowest BCUT2D eigenvalue weighted by Gasteiger charge is -2.09. The molecular weight excluding hydrogens is 368 g/mol. The molecule has 0 fully saturated rings. The van der Waals surface area contributed by atoms with E-state index in [1.54, 1.807) is 25.3 Å². The number of hydrogen-bond acceptors (Lipinski definition) is 4. The molecule has 2 heterocycles. The summed E-state index contributed by atoms with van der Waals surface area (Å²) in [6.45, 7) is 2.93. The summed E-state index contributed by atoms with van der Waals surface area (Å²) < 4.78 is 12.7. The Morgan fingerprint density at radius 1 is 1.10 bits per heavy atom. The number of nitrogens with zero attached hydrogens (tertiary/aromatic N) is 2. The van der Waals surface area contributed by atoms with E-state index in [-0.39, 0.29) is 5.91 Å². The zero-order valence-corrected chi connectivity index (χ0v) is 16.5. The summed E-state index contributed by atoms with van der Waals surface area (Å²) >= 11 is 0. The van der Waals surface area contributed by atoms with Gasteiger partial charge in [-0.05, 0) is 31.2 Å². The van der Waals surface area contributed by atoms with Crippen LogP contribution in [0.2, 0.25) is 0 Å². The number of aromatic nitrogens is 3. The highest BCUT2D eigenvalue weighted by Gasteiger charge is 2.16. The minimum atomic E-state index is -0.307. The average Bonchev–Trinajstić information content (AvgIpc) is 3.37. The van der Waals surface area contributed by atoms with Crippen molar-refractivity contribution < 1.29 is 14.3 Å². The number of carbonyl (C=O) groups is 1. The maximum Gasteiger partial charge on any atom is 0.260 e. The van der Waals surface area contributed by atoms with Gasteiger partial charge < -0.3 is 19.4 Å². The zero-order chi connectivity index (χ0) is 20.4. The third-order valence-corrected chi connectivity index (χ3v) is 4.88. The lowest BCUT2D eigenvalue weighted by atomic mass is 10.1. The van der Waals surface area contributed by atoms with Crippen molar-refractivity contribution in [3.8, 4) is 22.9 Å². The number of anilines is 1. The molecule has 0 saturated heterocycles. The molecule has 0 bridgehead atoms. The number of benzene rings is 2. The summed E-state index contributed by atoms with van der Waals surface area (Å²) in [7, 11) is 3.08. The van der Waals surface area contributed by atoms with E-state index in [0.717, 1.165) is 28.8 Å². The Kier molecular flexibility index (Phi) is 4.95. The molecular formula is C22H22N4O3. The smallest absolute Gasteiger partial charge is 0.260 e. The van der Waals surface area contributed by atoms with Gasteiger partial charge in [-0.3, -0.25) is 9.89 Å². The summed E-state index contributed by atoms with van der Waals surface area (Å²) in [6.07, 6.45) is 0. The molecule has 7 nitrogen and oxygen atoms in total. The van der Waals surface area contributed by atoms with Gasteiger partial charge in [-0.15, -0.1) is 0 Å². The van der Waals surface area contributed by atoms with Crippen molar-refractivity contribution in [1.82, 2.24) is 14.8 Å². The highest BCUT2D eigenvalue weighted by molar-refractivity contribution is 6.06. The van der Waals surface area contributed by atoms with E-state index in [4.69, 9.17) is 9.47 Å².